The van der Waals surface area contributed by atoms with Gasteiger partial charge in [-0.05, 0) is 86.2 Å². The third-order valence-corrected chi connectivity index (χ3v) is 7.31. The normalized spacial score (nSPS) is 13.2. The van der Waals surface area contributed by atoms with Gasteiger partial charge in [-0.3, -0.25) is 14.2 Å². The van der Waals surface area contributed by atoms with E-state index in [1.165, 1.54) is 24.3 Å². The number of hydrazone groups is 1. The zero-order chi connectivity index (χ0) is 24.5. The molecule has 0 unspecified atom stereocenters. The first-order chi connectivity index (χ1) is 17.0. The van der Waals surface area contributed by atoms with Gasteiger partial charge in [0.25, 0.3) is 11.5 Å². The van der Waals surface area contributed by atoms with E-state index in [-0.39, 0.29) is 17.2 Å². The highest BCUT2D eigenvalue weighted by Crippen LogP contribution is 2.34. The molecule has 0 saturated carbocycles. The lowest BCUT2D eigenvalue weighted by Gasteiger charge is -2.12. The van der Waals surface area contributed by atoms with E-state index in [0.29, 0.717) is 28.4 Å². The fourth-order valence-electron chi connectivity index (χ4n) is 4.38. The minimum atomic E-state index is -0.386. The summed E-state index contributed by atoms with van der Waals surface area (Å²) in [4.78, 5) is 32.8. The molecule has 1 amide bonds. The van der Waals surface area contributed by atoms with Gasteiger partial charge in [-0.25, -0.2) is 10.4 Å². The first kappa shape index (κ1) is 22.8. The van der Waals surface area contributed by atoms with E-state index in [1.807, 2.05) is 6.92 Å². The van der Waals surface area contributed by atoms with Crippen molar-refractivity contribution in [3.05, 3.63) is 80.2 Å². The minimum absolute atomic E-state index is 0.0244. The van der Waals surface area contributed by atoms with Crippen molar-refractivity contribution in [2.24, 2.45) is 5.10 Å². The van der Waals surface area contributed by atoms with Gasteiger partial charge in [-0.2, -0.15) is 5.10 Å². The summed E-state index contributed by atoms with van der Waals surface area (Å²) in [5.74, 6) is 0.573. The van der Waals surface area contributed by atoms with Crippen LogP contribution in [0.3, 0.4) is 0 Å². The Bertz CT molecular complexity index is 1520. The molecular formula is C26H24N4O4S. The van der Waals surface area contributed by atoms with Crippen LogP contribution < -0.4 is 15.7 Å². The third-order valence-electron chi connectivity index (χ3n) is 6.13. The Labute approximate surface area is 205 Å². The quantitative estimate of drug-likeness (QED) is 0.325. The second-order valence-electron chi connectivity index (χ2n) is 8.37. The highest BCUT2D eigenvalue weighted by Gasteiger charge is 2.21. The smallest absolute Gasteiger partial charge is 0.271 e. The number of hydrogen-bond donors (Lipinski definition) is 2. The molecule has 0 bridgehead atoms. The molecule has 8 nitrogen and oxygen atoms in total. The average molecular weight is 489 g/mol. The molecule has 1 aliphatic rings. The molecule has 35 heavy (non-hydrogen) atoms. The molecule has 9 heteroatoms. The number of hydrogen-bond acceptors (Lipinski definition) is 7. The van der Waals surface area contributed by atoms with Crippen molar-refractivity contribution in [3.63, 3.8) is 0 Å². The number of phenolic OH excluding ortho intramolecular Hbond substituents is 1. The van der Waals surface area contributed by atoms with Crippen molar-refractivity contribution < 1.29 is 14.6 Å². The molecule has 1 aliphatic carbocycles. The van der Waals surface area contributed by atoms with E-state index in [9.17, 15) is 14.7 Å². The zero-order valence-electron chi connectivity index (χ0n) is 19.4. The van der Waals surface area contributed by atoms with Crippen LogP contribution in [0.15, 0.2) is 52.4 Å². The number of carbonyl (C=O) groups excluding carboxylic acids is 1. The van der Waals surface area contributed by atoms with Crippen LogP contribution in [0.25, 0.3) is 15.9 Å². The molecule has 0 atom stereocenters. The molecule has 178 valence electrons. The molecule has 4 aromatic rings. The van der Waals surface area contributed by atoms with E-state index in [2.05, 4.69) is 10.5 Å². The van der Waals surface area contributed by atoms with Crippen LogP contribution in [-0.2, 0) is 12.8 Å². The van der Waals surface area contributed by atoms with Crippen LogP contribution in [0.1, 0.15) is 45.0 Å². The largest absolute Gasteiger partial charge is 0.504 e. The minimum Gasteiger partial charge on any atom is -0.504 e. The molecule has 0 spiro atoms. The Balaban J connectivity index is 1.37. The highest BCUT2D eigenvalue weighted by molar-refractivity contribution is 7.18. The van der Waals surface area contributed by atoms with Gasteiger partial charge in [0.05, 0.1) is 24.4 Å². The van der Waals surface area contributed by atoms with Gasteiger partial charge in [0.15, 0.2) is 11.5 Å². The fraction of sp³-hybridized carbons (Fsp3) is 0.231. The Morgan fingerprint density at radius 2 is 1.97 bits per heavy atom. The molecule has 2 aromatic carbocycles. The van der Waals surface area contributed by atoms with Gasteiger partial charge < -0.3 is 9.84 Å². The number of nitrogens with one attached hydrogen (secondary N) is 1. The number of carbonyl (C=O) groups is 1. The lowest BCUT2D eigenvalue weighted by atomic mass is 9.97. The van der Waals surface area contributed by atoms with Crippen LogP contribution in [0, 0.1) is 6.92 Å². The van der Waals surface area contributed by atoms with Crippen LogP contribution in [-0.4, -0.2) is 33.9 Å². The summed E-state index contributed by atoms with van der Waals surface area (Å²) in [5, 5.41) is 14.4. The van der Waals surface area contributed by atoms with Gasteiger partial charge in [-0.15, -0.1) is 11.3 Å². The number of benzene rings is 2. The van der Waals surface area contributed by atoms with E-state index >= 15 is 0 Å². The predicted octanol–water partition coefficient (Wildman–Crippen LogP) is 4.11. The van der Waals surface area contributed by atoms with E-state index < -0.39 is 0 Å². The third kappa shape index (κ3) is 4.30. The van der Waals surface area contributed by atoms with Crippen molar-refractivity contribution >= 4 is 33.7 Å². The van der Waals surface area contributed by atoms with Crippen LogP contribution in [0.4, 0.5) is 0 Å². The van der Waals surface area contributed by atoms with Crippen molar-refractivity contribution in [3.8, 4) is 17.2 Å². The Morgan fingerprint density at radius 3 is 2.74 bits per heavy atom. The Hall–Kier alpha value is -3.98. The van der Waals surface area contributed by atoms with Gasteiger partial charge in [0, 0.05) is 10.4 Å². The number of rotatable bonds is 5. The highest BCUT2D eigenvalue weighted by atomic mass is 32.1. The number of fused-ring (bicyclic) bond motifs is 3. The maximum atomic E-state index is 13.5. The summed E-state index contributed by atoms with van der Waals surface area (Å²) < 4.78 is 6.68. The van der Waals surface area contributed by atoms with Gasteiger partial charge in [0.1, 0.15) is 10.7 Å². The molecule has 5 rings (SSSR count). The lowest BCUT2D eigenvalue weighted by Crippen LogP contribution is -2.23. The molecule has 0 fully saturated rings. The first-order valence-electron chi connectivity index (χ1n) is 11.3. The average Bonchev–Trinajstić information content (AvgIpc) is 3.23. The van der Waals surface area contributed by atoms with Crippen molar-refractivity contribution in [1.82, 2.24) is 15.0 Å². The lowest BCUT2D eigenvalue weighted by molar-refractivity contribution is 0.0955. The topological polar surface area (TPSA) is 106 Å². The number of ether oxygens (including phenoxy) is 1. The zero-order valence-corrected chi connectivity index (χ0v) is 20.2. The summed E-state index contributed by atoms with van der Waals surface area (Å²) in [5.41, 5.74) is 5.30. The number of aromatic hydroxyl groups is 1. The van der Waals surface area contributed by atoms with E-state index in [0.717, 1.165) is 41.5 Å². The van der Waals surface area contributed by atoms with Crippen LogP contribution in [0.2, 0.25) is 0 Å². The summed E-state index contributed by atoms with van der Waals surface area (Å²) >= 11 is 1.64. The standard InChI is InChI=1S/C26H24N4O4S/c1-15-28-25-23(19-5-3-4-6-22(19)35-25)26(33)30(15)18-10-8-17(9-11-18)24(32)29-27-14-16-7-12-20(31)21(13-16)34-2/h7-14,31H,3-6H2,1-2H3,(H,29,32)/b27-14-. The molecular weight excluding hydrogens is 464 g/mol. The second-order valence-corrected chi connectivity index (χ2v) is 9.45. The number of aryl methyl sites for hydroxylation is 3. The van der Waals surface area contributed by atoms with Crippen molar-refractivity contribution in [1.29, 1.82) is 0 Å². The van der Waals surface area contributed by atoms with E-state index in [4.69, 9.17) is 9.72 Å². The number of amides is 1. The van der Waals surface area contributed by atoms with Gasteiger partial charge in [0.2, 0.25) is 0 Å². The number of thiophene rings is 1. The first-order valence-corrected chi connectivity index (χ1v) is 12.1. The summed E-state index contributed by atoms with van der Waals surface area (Å²) in [6, 6.07) is 11.5. The van der Waals surface area contributed by atoms with Gasteiger partial charge >= 0.3 is 0 Å². The second kappa shape index (κ2) is 9.34. The van der Waals surface area contributed by atoms with Gasteiger partial charge in [-0.1, -0.05) is 0 Å². The summed E-state index contributed by atoms with van der Waals surface area (Å²) in [7, 11) is 1.46. The molecule has 0 radical (unpaired) electrons. The maximum Gasteiger partial charge on any atom is 0.271 e. The molecule has 2 heterocycles. The Morgan fingerprint density at radius 1 is 1.20 bits per heavy atom. The molecule has 2 aromatic heterocycles. The van der Waals surface area contributed by atoms with E-state index in [1.54, 1.807) is 52.3 Å². The number of phenols is 1. The predicted molar refractivity (Wildman–Crippen MR) is 136 cm³/mol. The summed E-state index contributed by atoms with van der Waals surface area (Å²) in [6.07, 6.45) is 5.65. The maximum absolute atomic E-state index is 13.5. The molecule has 0 aliphatic heterocycles. The Kier molecular flexibility index (Phi) is 6.08. The number of aromatic nitrogens is 2. The molecule has 0 saturated heterocycles. The summed E-state index contributed by atoms with van der Waals surface area (Å²) in [6.45, 7) is 1.83. The fourth-order valence-corrected chi connectivity index (χ4v) is 5.67. The van der Waals surface area contributed by atoms with Crippen molar-refractivity contribution in [2.75, 3.05) is 7.11 Å². The molecule has 2 N–H and O–H groups in total. The number of nitrogens with zero attached hydrogens (tertiary/aromatic N) is 3. The SMILES string of the molecule is COc1cc(/C=N\NC(=O)c2ccc(-n3c(C)nc4sc5c(c4c3=O)CCCC5)cc2)ccc1O. The van der Waals surface area contributed by atoms with Crippen LogP contribution in [0.5, 0.6) is 11.5 Å². The number of methoxy groups -OCH3 is 1. The van der Waals surface area contributed by atoms with Crippen molar-refractivity contribution in [2.45, 2.75) is 32.6 Å². The monoisotopic (exact) mass is 488 g/mol. The van der Waals surface area contributed by atoms with Crippen LogP contribution >= 0.6 is 11.3 Å².